The molecule has 8 heteroatoms. The minimum Gasteiger partial charge on any atom is -0.450 e. The first-order valence-electron chi connectivity index (χ1n) is 8.85. The van der Waals surface area contributed by atoms with Gasteiger partial charge in [0.25, 0.3) is 5.91 Å². The summed E-state index contributed by atoms with van der Waals surface area (Å²) in [5.41, 5.74) is 2.16. The van der Waals surface area contributed by atoms with E-state index in [0.717, 1.165) is 20.1 Å². The molecule has 0 unspecified atom stereocenters. The van der Waals surface area contributed by atoms with Gasteiger partial charge in [-0.1, -0.05) is 29.8 Å². The number of rotatable bonds is 5. The van der Waals surface area contributed by atoms with E-state index in [1.165, 1.54) is 17.8 Å². The molecule has 2 heterocycles. The van der Waals surface area contributed by atoms with Crippen LogP contribution in [0.3, 0.4) is 0 Å². The van der Waals surface area contributed by atoms with Crippen LogP contribution >= 0.6 is 34.7 Å². The van der Waals surface area contributed by atoms with Gasteiger partial charge >= 0.3 is 0 Å². The Labute approximate surface area is 186 Å². The van der Waals surface area contributed by atoms with E-state index >= 15 is 0 Å². The van der Waals surface area contributed by atoms with Crippen molar-refractivity contribution in [2.45, 2.75) is 16.4 Å². The fraction of sp³-hybridized carbons (Fsp3) is 0.0455. The lowest BCUT2D eigenvalue weighted by Gasteiger charge is -2.08. The first-order valence-corrected chi connectivity index (χ1v) is 10.9. The minimum absolute atomic E-state index is 0.0692. The molecule has 0 atom stereocenters. The summed E-state index contributed by atoms with van der Waals surface area (Å²) < 4.78 is 7.72. The average molecular weight is 452 g/mol. The molecule has 0 fully saturated rings. The van der Waals surface area contributed by atoms with Crippen LogP contribution in [0.15, 0.2) is 74.0 Å². The van der Waals surface area contributed by atoms with Crippen LogP contribution in [0.25, 0.3) is 16.3 Å². The van der Waals surface area contributed by atoms with Crippen molar-refractivity contribution in [2.75, 3.05) is 5.32 Å². The van der Waals surface area contributed by atoms with Gasteiger partial charge in [-0.05, 0) is 60.6 Å². The Hall–Kier alpha value is -3.05. The molecule has 0 saturated heterocycles. The number of thiazole rings is 1. The third kappa shape index (κ3) is 4.41. The number of nitriles is 1. The summed E-state index contributed by atoms with van der Waals surface area (Å²) >= 11 is 9.06. The number of hydrogen-bond acceptors (Lipinski definition) is 6. The second-order valence-electron chi connectivity index (χ2n) is 6.24. The number of amides is 1. The number of carbonyl (C=O) groups excluding carboxylic acids is 1. The number of furan rings is 1. The second kappa shape index (κ2) is 8.76. The van der Waals surface area contributed by atoms with Crippen LogP contribution in [0.2, 0.25) is 5.02 Å². The van der Waals surface area contributed by atoms with Crippen LogP contribution in [0, 0.1) is 18.3 Å². The number of nitrogens with zero attached hydrogens (tertiary/aromatic N) is 2. The molecule has 148 valence electrons. The molecule has 0 spiro atoms. The van der Waals surface area contributed by atoms with Crippen molar-refractivity contribution in [1.29, 1.82) is 5.26 Å². The fourth-order valence-corrected chi connectivity index (χ4v) is 4.81. The molecule has 30 heavy (non-hydrogen) atoms. The van der Waals surface area contributed by atoms with E-state index in [0.29, 0.717) is 21.6 Å². The first-order chi connectivity index (χ1) is 14.5. The molecule has 1 N–H and O–H groups in total. The summed E-state index contributed by atoms with van der Waals surface area (Å²) in [6.07, 6.45) is 1.41. The van der Waals surface area contributed by atoms with Gasteiger partial charge in [-0.2, -0.15) is 5.26 Å². The Morgan fingerprint density at radius 2 is 2.07 bits per heavy atom. The predicted octanol–water partition coefficient (Wildman–Crippen LogP) is 6.55. The summed E-state index contributed by atoms with van der Waals surface area (Å²) in [6.45, 7) is 1.80. The molecule has 0 saturated carbocycles. The van der Waals surface area contributed by atoms with Crippen molar-refractivity contribution in [1.82, 2.24) is 4.98 Å². The zero-order valence-corrected chi connectivity index (χ0v) is 18.1. The summed E-state index contributed by atoms with van der Waals surface area (Å²) in [5.74, 6) is -0.118. The van der Waals surface area contributed by atoms with E-state index in [9.17, 15) is 10.1 Å². The Balaban J connectivity index is 1.50. The zero-order chi connectivity index (χ0) is 21.1. The summed E-state index contributed by atoms with van der Waals surface area (Å²) in [6, 6.07) is 18.5. The van der Waals surface area contributed by atoms with Crippen LogP contribution in [-0.4, -0.2) is 10.9 Å². The number of hydrogen-bond donors (Lipinski definition) is 1. The van der Waals surface area contributed by atoms with E-state index < -0.39 is 5.91 Å². The molecule has 0 aliphatic rings. The Kier molecular flexibility index (Phi) is 5.91. The van der Waals surface area contributed by atoms with E-state index in [1.54, 1.807) is 48.6 Å². The average Bonchev–Trinajstić information content (AvgIpc) is 3.35. The largest absolute Gasteiger partial charge is 0.450 e. The third-order valence-corrected chi connectivity index (χ3v) is 6.66. The van der Waals surface area contributed by atoms with Crippen molar-refractivity contribution in [3.05, 3.63) is 76.5 Å². The monoisotopic (exact) mass is 451 g/mol. The van der Waals surface area contributed by atoms with Crippen LogP contribution in [0.1, 0.15) is 11.3 Å². The van der Waals surface area contributed by atoms with Crippen LogP contribution in [0.5, 0.6) is 0 Å². The summed E-state index contributed by atoms with van der Waals surface area (Å²) in [5, 5.41) is 13.3. The Morgan fingerprint density at radius 3 is 2.87 bits per heavy atom. The summed E-state index contributed by atoms with van der Waals surface area (Å²) in [4.78, 5) is 17.1. The van der Waals surface area contributed by atoms with E-state index in [4.69, 9.17) is 16.0 Å². The van der Waals surface area contributed by atoms with Gasteiger partial charge in [0.1, 0.15) is 17.4 Å². The lowest BCUT2D eigenvalue weighted by Crippen LogP contribution is -2.14. The van der Waals surface area contributed by atoms with Gasteiger partial charge in [0, 0.05) is 16.8 Å². The molecule has 4 rings (SSSR count). The number of nitrogens with one attached hydrogen (secondary N) is 1. The SMILES string of the molecule is Cc1c(Cl)cccc1NC(=O)/C(C#N)=C/c1ccc(Sc2nc3ccccc3s2)o1. The normalized spacial score (nSPS) is 11.4. The highest BCUT2D eigenvalue weighted by Gasteiger charge is 2.14. The van der Waals surface area contributed by atoms with Crippen molar-refractivity contribution in [3.8, 4) is 6.07 Å². The van der Waals surface area contributed by atoms with E-state index in [1.807, 2.05) is 30.3 Å². The topological polar surface area (TPSA) is 78.9 Å². The molecular weight excluding hydrogens is 438 g/mol. The molecule has 0 radical (unpaired) electrons. The highest BCUT2D eigenvalue weighted by Crippen LogP contribution is 2.35. The Morgan fingerprint density at radius 1 is 1.23 bits per heavy atom. The van der Waals surface area contributed by atoms with Crippen LogP contribution in [-0.2, 0) is 4.79 Å². The van der Waals surface area contributed by atoms with Crippen molar-refractivity contribution >= 4 is 62.6 Å². The summed E-state index contributed by atoms with van der Waals surface area (Å²) in [7, 11) is 0. The van der Waals surface area contributed by atoms with Gasteiger partial charge in [-0.3, -0.25) is 4.79 Å². The van der Waals surface area contributed by atoms with E-state index in [-0.39, 0.29) is 5.57 Å². The molecule has 2 aromatic heterocycles. The lowest BCUT2D eigenvalue weighted by molar-refractivity contribution is -0.112. The number of halogens is 1. The molecule has 1 amide bonds. The van der Waals surface area contributed by atoms with Crippen molar-refractivity contribution < 1.29 is 9.21 Å². The number of anilines is 1. The molecule has 2 aromatic carbocycles. The standard InChI is InChI=1S/C22H14ClN3O2S2/c1-13-16(23)5-4-7-17(13)25-21(27)14(12-24)11-15-9-10-20(28-15)30-22-26-18-6-2-3-8-19(18)29-22/h2-11H,1H3,(H,25,27)/b14-11+. The Bertz CT molecular complexity index is 1280. The number of carbonyl (C=O) groups is 1. The lowest BCUT2D eigenvalue weighted by atomic mass is 10.1. The van der Waals surface area contributed by atoms with Gasteiger partial charge in [-0.25, -0.2) is 4.98 Å². The number of para-hydroxylation sites is 1. The highest BCUT2D eigenvalue weighted by molar-refractivity contribution is 8.01. The quantitative estimate of drug-likeness (QED) is 0.275. The van der Waals surface area contributed by atoms with Crippen LogP contribution in [0.4, 0.5) is 5.69 Å². The molecule has 0 bridgehead atoms. The van der Waals surface area contributed by atoms with Crippen molar-refractivity contribution in [2.24, 2.45) is 0 Å². The minimum atomic E-state index is -0.528. The van der Waals surface area contributed by atoms with Gasteiger partial charge in [0.2, 0.25) is 0 Å². The second-order valence-corrected chi connectivity index (χ2v) is 8.93. The number of fused-ring (bicyclic) bond motifs is 1. The van der Waals surface area contributed by atoms with Gasteiger partial charge in [0.05, 0.1) is 10.2 Å². The highest BCUT2D eigenvalue weighted by atomic mass is 35.5. The third-order valence-electron chi connectivity index (χ3n) is 4.23. The first kappa shape index (κ1) is 20.2. The number of benzene rings is 2. The zero-order valence-electron chi connectivity index (χ0n) is 15.7. The molecule has 0 aliphatic carbocycles. The molecule has 0 aliphatic heterocycles. The molecule has 4 aromatic rings. The van der Waals surface area contributed by atoms with E-state index in [2.05, 4.69) is 10.3 Å². The predicted molar refractivity (Wildman–Crippen MR) is 121 cm³/mol. The smallest absolute Gasteiger partial charge is 0.266 e. The maximum Gasteiger partial charge on any atom is 0.266 e. The maximum absolute atomic E-state index is 12.5. The van der Waals surface area contributed by atoms with Crippen molar-refractivity contribution in [3.63, 3.8) is 0 Å². The maximum atomic E-state index is 12.5. The molecular formula is C22H14ClN3O2S2. The molecule has 5 nitrogen and oxygen atoms in total. The number of aromatic nitrogens is 1. The van der Waals surface area contributed by atoms with Gasteiger partial charge in [0.15, 0.2) is 9.43 Å². The van der Waals surface area contributed by atoms with Gasteiger partial charge in [-0.15, -0.1) is 11.3 Å². The van der Waals surface area contributed by atoms with Crippen LogP contribution < -0.4 is 5.32 Å². The fourth-order valence-electron chi connectivity index (χ4n) is 2.67. The van der Waals surface area contributed by atoms with Gasteiger partial charge < -0.3 is 9.73 Å².